The third kappa shape index (κ3) is 5.58. The molecule has 0 spiro atoms. The van der Waals surface area contributed by atoms with E-state index in [9.17, 15) is 4.79 Å². The largest absolute Gasteiger partial charge is 0.493 e. The van der Waals surface area contributed by atoms with E-state index in [1.54, 1.807) is 49.6 Å². The van der Waals surface area contributed by atoms with Crippen molar-refractivity contribution in [2.24, 2.45) is 0 Å². The first-order chi connectivity index (χ1) is 14.1. The fourth-order valence-corrected chi connectivity index (χ4v) is 2.66. The van der Waals surface area contributed by atoms with Crippen LogP contribution in [0.3, 0.4) is 0 Å². The second-order valence-corrected chi connectivity index (χ2v) is 6.24. The summed E-state index contributed by atoms with van der Waals surface area (Å²) in [5.74, 6) is 1.24. The number of methoxy groups -OCH3 is 1. The van der Waals surface area contributed by atoms with Crippen LogP contribution in [0.15, 0.2) is 53.1 Å². The van der Waals surface area contributed by atoms with Crippen molar-refractivity contribution in [2.75, 3.05) is 13.7 Å². The Bertz CT molecular complexity index is 1020. The monoisotopic (exact) mass is 414 g/mol. The van der Waals surface area contributed by atoms with Crippen molar-refractivity contribution in [1.29, 1.82) is 0 Å². The predicted octanol–water partition coefficient (Wildman–Crippen LogP) is 4.55. The van der Waals surface area contributed by atoms with Crippen molar-refractivity contribution in [1.82, 2.24) is 10.1 Å². The molecular formula is C21H19ClN2O5. The molecule has 0 atom stereocenters. The third-order valence-electron chi connectivity index (χ3n) is 3.79. The molecule has 8 heteroatoms. The van der Waals surface area contributed by atoms with Crippen LogP contribution in [0.2, 0.25) is 5.02 Å². The van der Waals surface area contributed by atoms with Crippen molar-refractivity contribution < 1.29 is 23.5 Å². The molecule has 3 aromatic rings. The number of ether oxygens (including phenoxy) is 3. The SMILES string of the molecule is CCOc1ccc(/C=C/C(=O)OCc2nc(-c3cccc(Cl)c3)no2)cc1OC. The van der Waals surface area contributed by atoms with Crippen molar-refractivity contribution >= 4 is 23.6 Å². The number of carbonyl (C=O) groups excluding carboxylic acids is 1. The second-order valence-electron chi connectivity index (χ2n) is 5.81. The third-order valence-corrected chi connectivity index (χ3v) is 4.02. The molecule has 0 unspecified atom stereocenters. The van der Waals surface area contributed by atoms with Crippen LogP contribution >= 0.6 is 11.6 Å². The molecule has 7 nitrogen and oxygen atoms in total. The summed E-state index contributed by atoms with van der Waals surface area (Å²) in [5.41, 5.74) is 1.48. The first kappa shape index (κ1) is 20.4. The molecule has 0 aliphatic rings. The van der Waals surface area contributed by atoms with E-state index in [1.165, 1.54) is 6.08 Å². The van der Waals surface area contributed by atoms with Crippen molar-refractivity contribution in [3.63, 3.8) is 0 Å². The average Bonchev–Trinajstić information content (AvgIpc) is 3.21. The minimum atomic E-state index is -0.541. The van der Waals surface area contributed by atoms with Gasteiger partial charge in [-0.15, -0.1) is 0 Å². The first-order valence-corrected chi connectivity index (χ1v) is 9.21. The smallest absolute Gasteiger partial charge is 0.331 e. The summed E-state index contributed by atoms with van der Waals surface area (Å²) in [4.78, 5) is 16.2. The molecule has 0 aliphatic carbocycles. The van der Waals surface area contributed by atoms with Crippen LogP contribution in [0, 0.1) is 0 Å². The molecule has 0 fully saturated rings. The predicted molar refractivity (Wildman–Crippen MR) is 108 cm³/mol. The molecule has 150 valence electrons. The van der Waals surface area contributed by atoms with Crippen LogP contribution in [-0.4, -0.2) is 29.8 Å². The summed E-state index contributed by atoms with van der Waals surface area (Å²) >= 11 is 5.95. The number of nitrogens with zero attached hydrogens (tertiary/aromatic N) is 2. The summed E-state index contributed by atoms with van der Waals surface area (Å²) in [6.07, 6.45) is 2.93. The summed E-state index contributed by atoms with van der Waals surface area (Å²) in [6, 6.07) is 12.4. The lowest BCUT2D eigenvalue weighted by atomic mass is 10.2. The highest BCUT2D eigenvalue weighted by Gasteiger charge is 2.11. The summed E-state index contributed by atoms with van der Waals surface area (Å²) < 4.78 is 21.0. The quantitative estimate of drug-likeness (QED) is 0.394. The van der Waals surface area contributed by atoms with Gasteiger partial charge in [-0.1, -0.05) is 35.0 Å². The van der Waals surface area contributed by atoms with Gasteiger partial charge in [0.1, 0.15) is 0 Å². The number of esters is 1. The maximum atomic E-state index is 12.0. The van der Waals surface area contributed by atoms with Crippen molar-refractivity contribution in [2.45, 2.75) is 13.5 Å². The highest BCUT2D eigenvalue weighted by molar-refractivity contribution is 6.30. The van der Waals surface area contributed by atoms with Crippen LogP contribution in [0.1, 0.15) is 18.4 Å². The van der Waals surface area contributed by atoms with E-state index in [0.717, 1.165) is 5.56 Å². The summed E-state index contributed by atoms with van der Waals surface area (Å²) in [5, 5.41) is 4.43. The van der Waals surface area contributed by atoms with Crippen LogP contribution in [0.5, 0.6) is 11.5 Å². The van der Waals surface area contributed by atoms with Gasteiger partial charge in [0.05, 0.1) is 13.7 Å². The van der Waals surface area contributed by atoms with Gasteiger partial charge in [-0.25, -0.2) is 4.79 Å². The van der Waals surface area contributed by atoms with E-state index in [2.05, 4.69) is 10.1 Å². The van der Waals surface area contributed by atoms with Gasteiger partial charge in [0, 0.05) is 16.7 Å². The lowest BCUT2D eigenvalue weighted by Gasteiger charge is -2.09. The van der Waals surface area contributed by atoms with Crippen LogP contribution in [0.4, 0.5) is 0 Å². The Kier molecular flexibility index (Phi) is 6.86. The normalized spacial score (nSPS) is 10.9. The van der Waals surface area contributed by atoms with Gasteiger partial charge in [-0.05, 0) is 42.8 Å². The Morgan fingerprint density at radius 1 is 1.21 bits per heavy atom. The number of halogens is 1. The van der Waals surface area contributed by atoms with Gasteiger partial charge >= 0.3 is 5.97 Å². The number of aromatic nitrogens is 2. The maximum absolute atomic E-state index is 12.0. The van der Waals surface area contributed by atoms with E-state index >= 15 is 0 Å². The number of hydrogen-bond donors (Lipinski definition) is 0. The molecule has 1 aromatic heterocycles. The second kappa shape index (κ2) is 9.75. The molecule has 2 aromatic carbocycles. The molecule has 3 rings (SSSR count). The van der Waals surface area contributed by atoms with Gasteiger partial charge in [-0.2, -0.15) is 4.98 Å². The van der Waals surface area contributed by atoms with Gasteiger partial charge < -0.3 is 18.7 Å². The number of rotatable bonds is 8. The molecule has 1 heterocycles. The van der Waals surface area contributed by atoms with Gasteiger partial charge in [0.2, 0.25) is 5.82 Å². The molecule has 0 N–H and O–H groups in total. The van der Waals surface area contributed by atoms with E-state index in [4.69, 9.17) is 30.3 Å². The van der Waals surface area contributed by atoms with Gasteiger partial charge in [0.25, 0.3) is 5.89 Å². The van der Waals surface area contributed by atoms with Gasteiger partial charge in [0.15, 0.2) is 18.1 Å². The maximum Gasteiger partial charge on any atom is 0.331 e. The minimum absolute atomic E-state index is 0.136. The lowest BCUT2D eigenvalue weighted by molar-refractivity contribution is -0.139. The highest BCUT2D eigenvalue weighted by atomic mass is 35.5. The van der Waals surface area contributed by atoms with Crippen LogP contribution < -0.4 is 9.47 Å². The Morgan fingerprint density at radius 2 is 2.07 bits per heavy atom. The number of benzene rings is 2. The average molecular weight is 415 g/mol. The standard InChI is InChI=1S/C21H19ClN2O5/c1-3-27-17-9-7-14(11-18(17)26-2)8-10-20(25)28-13-19-23-21(24-29-19)15-5-4-6-16(22)12-15/h4-12H,3,13H2,1-2H3/b10-8+. The van der Waals surface area contributed by atoms with E-state index < -0.39 is 5.97 Å². The molecule has 0 aliphatic heterocycles. The molecular weight excluding hydrogens is 396 g/mol. The fraction of sp³-hybridized carbons (Fsp3) is 0.190. The Hall–Kier alpha value is -3.32. The number of carbonyl (C=O) groups is 1. The Labute approximate surface area is 172 Å². The van der Waals surface area contributed by atoms with Crippen LogP contribution in [-0.2, 0) is 16.1 Å². The van der Waals surface area contributed by atoms with E-state index in [-0.39, 0.29) is 12.5 Å². The van der Waals surface area contributed by atoms with E-state index in [0.29, 0.717) is 34.5 Å². The van der Waals surface area contributed by atoms with Crippen LogP contribution in [0.25, 0.3) is 17.5 Å². The number of hydrogen-bond acceptors (Lipinski definition) is 7. The highest BCUT2D eigenvalue weighted by Crippen LogP contribution is 2.28. The molecule has 0 radical (unpaired) electrons. The summed E-state index contributed by atoms with van der Waals surface area (Å²) in [6.45, 7) is 2.29. The first-order valence-electron chi connectivity index (χ1n) is 8.83. The van der Waals surface area contributed by atoms with E-state index in [1.807, 2.05) is 13.0 Å². The lowest BCUT2D eigenvalue weighted by Crippen LogP contribution is -2.01. The zero-order valence-electron chi connectivity index (χ0n) is 15.9. The van der Waals surface area contributed by atoms with Gasteiger partial charge in [-0.3, -0.25) is 0 Å². The Morgan fingerprint density at radius 3 is 2.83 bits per heavy atom. The molecule has 29 heavy (non-hydrogen) atoms. The Balaban J connectivity index is 1.57. The van der Waals surface area contributed by atoms with Crippen molar-refractivity contribution in [3.8, 4) is 22.9 Å². The molecule has 0 saturated heterocycles. The molecule has 0 amide bonds. The zero-order valence-corrected chi connectivity index (χ0v) is 16.7. The topological polar surface area (TPSA) is 83.7 Å². The summed E-state index contributed by atoms with van der Waals surface area (Å²) in [7, 11) is 1.56. The zero-order chi connectivity index (χ0) is 20.6. The molecule has 0 saturated carbocycles. The molecule has 0 bridgehead atoms. The van der Waals surface area contributed by atoms with Crippen molar-refractivity contribution in [3.05, 3.63) is 65.0 Å². The fourth-order valence-electron chi connectivity index (χ4n) is 2.47. The minimum Gasteiger partial charge on any atom is -0.493 e.